The Morgan fingerprint density at radius 2 is 2.00 bits per heavy atom. The summed E-state index contributed by atoms with van der Waals surface area (Å²) in [6.07, 6.45) is 3.24. The van der Waals surface area contributed by atoms with E-state index in [0.29, 0.717) is 5.82 Å². The van der Waals surface area contributed by atoms with Crippen LogP contribution in [0.2, 0.25) is 0 Å². The van der Waals surface area contributed by atoms with Crippen LogP contribution in [-0.4, -0.2) is 23.0 Å². The molecule has 20 heavy (non-hydrogen) atoms. The largest absolute Gasteiger partial charge is 0.468 e. The average Bonchev–Trinajstić information content (AvgIpc) is 3.29. The quantitative estimate of drug-likeness (QED) is 0.803. The lowest BCUT2D eigenvalue weighted by molar-refractivity contribution is -0.143. The first kappa shape index (κ1) is 12.8. The van der Waals surface area contributed by atoms with Gasteiger partial charge in [-0.05, 0) is 31.4 Å². The molecule has 0 unspecified atom stereocenters. The van der Waals surface area contributed by atoms with Gasteiger partial charge in [0.1, 0.15) is 11.2 Å². The Morgan fingerprint density at radius 1 is 1.25 bits per heavy atom. The van der Waals surface area contributed by atoms with Gasteiger partial charge in [-0.2, -0.15) is 0 Å². The van der Waals surface area contributed by atoms with E-state index < -0.39 is 5.41 Å². The van der Waals surface area contributed by atoms with E-state index in [9.17, 15) is 4.79 Å². The van der Waals surface area contributed by atoms with Gasteiger partial charge in [0.2, 0.25) is 0 Å². The second-order valence-electron chi connectivity index (χ2n) is 5.15. The van der Waals surface area contributed by atoms with E-state index in [0.717, 1.165) is 29.7 Å². The summed E-state index contributed by atoms with van der Waals surface area (Å²) < 4.78 is 4.88. The highest BCUT2D eigenvalue weighted by Gasteiger charge is 2.55. The van der Waals surface area contributed by atoms with Gasteiger partial charge >= 0.3 is 5.97 Å². The van der Waals surface area contributed by atoms with Gasteiger partial charge in [0.05, 0.1) is 12.8 Å². The number of nitrogens with zero attached hydrogens (tertiary/aromatic N) is 2. The van der Waals surface area contributed by atoms with Crippen LogP contribution < -0.4 is 0 Å². The molecular formula is C16H16N2O2. The molecule has 0 N–H and O–H groups in total. The number of benzene rings is 1. The topological polar surface area (TPSA) is 52.1 Å². The summed E-state index contributed by atoms with van der Waals surface area (Å²) in [5.74, 6) is 0.338. The zero-order valence-corrected chi connectivity index (χ0v) is 11.6. The zero-order chi connectivity index (χ0) is 14.2. The van der Waals surface area contributed by atoms with Crippen LogP contribution in [-0.2, 0) is 14.9 Å². The molecule has 1 aromatic carbocycles. The first-order valence-corrected chi connectivity index (χ1v) is 6.65. The zero-order valence-electron chi connectivity index (χ0n) is 11.6. The van der Waals surface area contributed by atoms with Gasteiger partial charge in [-0.1, -0.05) is 24.3 Å². The molecule has 1 aliphatic carbocycles. The van der Waals surface area contributed by atoms with Crippen molar-refractivity contribution in [2.24, 2.45) is 0 Å². The predicted octanol–water partition coefficient (Wildman–Crippen LogP) is 2.66. The lowest BCUT2D eigenvalue weighted by Gasteiger charge is -2.12. The van der Waals surface area contributed by atoms with Gasteiger partial charge in [0.25, 0.3) is 0 Å². The van der Waals surface area contributed by atoms with E-state index in [1.165, 1.54) is 7.11 Å². The first-order valence-electron chi connectivity index (χ1n) is 6.65. The molecule has 1 saturated carbocycles. The van der Waals surface area contributed by atoms with Crippen molar-refractivity contribution in [1.82, 2.24) is 9.97 Å². The third-order valence-electron chi connectivity index (χ3n) is 3.83. The summed E-state index contributed by atoms with van der Waals surface area (Å²) in [6.45, 7) is 2.05. The van der Waals surface area contributed by atoms with Crippen LogP contribution in [0.15, 0.2) is 36.5 Å². The number of hydrogen-bond acceptors (Lipinski definition) is 4. The number of methoxy groups -OCH3 is 1. The second kappa shape index (κ2) is 4.71. The van der Waals surface area contributed by atoms with Crippen molar-refractivity contribution >= 4 is 5.97 Å². The highest BCUT2D eigenvalue weighted by atomic mass is 16.5. The number of rotatable bonds is 3. The highest BCUT2D eigenvalue weighted by molar-refractivity contribution is 5.85. The van der Waals surface area contributed by atoms with Crippen molar-refractivity contribution in [1.29, 1.82) is 0 Å². The third-order valence-corrected chi connectivity index (χ3v) is 3.83. The maximum absolute atomic E-state index is 11.9. The molecule has 0 saturated heterocycles. The summed E-state index contributed by atoms with van der Waals surface area (Å²) in [5, 5.41) is 0. The van der Waals surface area contributed by atoms with Gasteiger partial charge in [-0.25, -0.2) is 9.97 Å². The number of esters is 1. The van der Waals surface area contributed by atoms with Gasteiger partial charge in [-0.15, -0.1) is 0 Å². The Bertz CT molecular complexity index is 663. The van der Waals surface area contributed by atoms with Gasteiger partial charge in [0, 0.05) is 11.8 Å². The van der Waals surface area contributed by atoms with Crippen molar-refractivity contribution in [2.75, 3.05) is 7.11 Å². The lowest BCUT2D eigenvalue weighted by Crippen LogP contribution is -2.24. The molecule has 0 spiro atoms. The first-order chi connectivity index (χ1) is 9.67. The Hall–Kier alpha value is -2.23. The maximum Gasteiger partial charge on any atom is 0.319 e. The monoisotopic (exact) mass is 268 g/mol. The molecule has 102 valence electrons. The smallest absolute Gasteiger partial charge is 0.319 e. The number of carbonyl (C=O) groups is 1. The van der Waals surface area contributed by atoms with Crippen LogP contribution in [0.1, 0.15) is 24.2 Å². The molecule has 3 rings (SSSR count). The second-order valence-corrected chi connectivity index (χ2v) is 5.15. The van der Waals surface area contributed by atoms with E-state index in [1.54, 1.807) is 6.20 Å². The minimum absolute atomic E-state index is 0.237. The van der Waals surface area contributed by atoms with Crippen molar-refractivity contribution in [3.63, 3.8) is 0 Å². The summed E-state index contributed by atoms with van der Waals surface area (Å²) in [5.41, 5.74) is 2.45. The van der Waals surface area contributed by atoms with Crippen molar-refractivity contribution in [3.8, 4) is 11.3 Å². The van der Waals surface area contributed by atoms with Gasteiger partial charge in [-0.3, -0.25) is 4.79 Å². The molecule has 0 amide bonds. The fourth-order valence-electron chi connectivity index (χ4n) is 2.44. The van der Waals surface area contributed by atoms with Crippen molar-refractivity contribution in [3.05, 3.63) is 47.9 Å². The Kier molecular flexibility index (Phi) is 3.01. The predicted molar refractivity (Wildman–Crippen MR) is 75.1 cm³/mol. The molecule has 4 nitrogen and oxygen atoms in total. The molecular weight excluding hydrogens is 252 g/mol. The van der Waals surface area contributed by atoms with E-state index >= 15 is 0 Å². The Labute approximate surface area is 117 Å². The normalized spacial score (nSPS) is 15.7. The minimum atomic E-state index is -0.618. The molecule has 4 heteroatoms. The van der Waals surface area contributed by atoms with Crippen molar-refractivity contribution < 1.29 is 9.53 Å². The van der Waals surface area contributed by atoms with Gasteiger partial charge < -0.3 is 4.74 Å². The molecule has 2 aromatic rings. The third kappa shape index (κ3) is 1.97. The molecule has 0 aliphatic heterocycles. The molecule has 0 radical (unpaired) electrons. The Morgan fingerprint density at radius 3 is 2.65 bits per heavy atom. The average molecular weight is 268 g/mol. The molecule has 1 aliphatic rings. The van der Waals surface area contributed by atoms with Crippen LogP contribution in [0, 0.1) is 6.92 Å². The molecule has 1 fully saturated rings. The summed E-state index contributed by atoms with van der Waals surface area (Å²) in [7, 11) is 1.41. The van der Waals surface area contributed by atoms with E-state index in [-0.39, 0.29) is 5.97 Å². The molecule has 1 aromatic heterocycles. The van der Waals surface area contributed by atoms with E-state index in [1.807, 2.05) is 37.3 Å². The molecule has 0 bridgehead atoms. The number of aromatic nitrogens is 2. The SMILES string of the molecule is COC(=O)C1(c2nccc(-c3ccccc3C)n2)CC1. The van der Waals surface area contributed by atoms with Crippen LogP contribution in [0.4, 0.5) is 0 Å². The van der Waals surface area contributed by atoms with E-state index in [4.69, 9.17) is 4.74 Å². The summed E-state index contributed by atoms with van der Waals surface area (Å²) >= 11 is 0. The highest BCUT2D eigenvalue weighted by Crippen LogP contribution is 2.47. The van der Waals surface area contributed by atoms with Crippen LogP contribution in [0.25, 0.3) is 11.3 Å². The van der Waals surface area contributed by atoms with Crippen molar-refractivity contribution in [2.45, 2.75) is 25.2 Å². The number of aryl methyl sites for hydroxylation is 1. The minimum Gasteiger partial charge on any atom is -0.468 e. The lowest BCUT2D eigenvalue weighted by atomic mass is 10.0. The fraction of sp³-hybridized carbons (Fsp3) is 0.312. The van der Waals surface area contributed by atoms with Crippen LogP contribution in [0.3, 0.4) is 0 Å². The standard InChI is InChI=1S/C16H16N2O2/c1-11-5-3-4-6-12(11)13-7-10-17-14(18-13)16(8-9-16)15(19)20-2/h3-7,10H,8-9H2,1-2H3. The Balaban J connectivity index is 2.03. The molecule has 1 heterocycles. The number of ether oxygens (including phenoxy) is 1. The maximum atomic E-state index is 11.9. The number of carbonyl (C=O) groups excluding carboxylic acids is 1. The van der Waals surface area contributed by atoms with Crippen LogP contribution >= 0.6 is 0 Å². The van der Waals surface area contributed by atoms with Gasteiger partial charge in [0.15, 0.2) is 0 Å². The van der Waals surface area contributed by atoms with Crippen LogP contribution in [0.5, 0.6) is 0 Å². The summed E-state index contributed by atoms with van der Waals surface area (Å²) in [6, 6.07) is 9.93. The van der Waals surface area contributed by atoms with E-state index in [2.05, 4.69) is 9.97 Å². The summed E-state index contributed by atoms with van der Waals surface area (Å²) in [4.78, 5) is 20.8. The fourth-order valence-corrected chi connectivity index (χ4v) is 2.44. The number of hydrogen-bond donors (Lipinski definition) is 0. The molecule has 0 atom stereocenters.